The van der Waals surface area contributed by atoms with Crippen molar-refractivity contribution >= 4 is 0 Å². The normalized spacial score (nSPS) is 34.1. The lowest BCUT2D eigenvalue weighted by Crippen LogP contribution is -2.73. The number of nitrogens with zero attached hydrogens (tertiary/aromatic N) is 3. The molecule has 1 aromatic carbocycles. The van der Waals surface area contributed by atoms with Gasteiger partial charge in [0, 0.05) is 50.2 Å². The van der Waals surface area contributed by atoms with Gasteiger partial charge in [-0.15, -0.1) is 0 Å². The minimum atomic E-state index is -0.164. The van der Waals surface area contributed by atoms with Crippen LogP contribution in [0, 0.1) is 17.1 Å². The average molecular weight is 427 g/mol. The average Bonchev–Trinajstić information content (AvgIpc) is 3.51. The van der Waals surface area contributed by atoms with E-state index in [9.17, 15) is 14.8 Å². The summed E-state index contributed by atoms with van der Waals surface area (Å²) >= 11 is 0. The van der Waals surface area contributed by atoms with Gasteiger partial charge in [0.2, 0.25) is 0 Å². The van der Waals surface area contributed by atoms with Crippen molar-refractivity contribution in [2.45, 2.75) is 87.1 Å². The molecule has 4 aliphatic rings. The molecule has 2 atom stereocenters. The molecule has 2 aliphatic carbocycles. The molecule has 2 aliphatic heterocycles. The SMILES string of the molecule is N#CCC1(N2CCC(N[C@@H]3CC3c3ccc(F)cc3)CC2)CN(C2CCC(O)CC2)C1. The molecule has 0 amide bonds. The van der Waals surface area contributed by atoms with Crippen molar-refractivity contribution < 1.29 is 9.50 Å². The maximum atomic E-state index is 13.2. The molecule has 0 radical (unpaired) electrons. The van der Waals surface area contributed by atoms with Crippen molar-refractivity contribution in [2.24, 2.45) is 0 Å². The molecule has 5 nitrogen and oxygen atoms in total. The second-order valence-electron chi connectivity index (χ2n) is 10.4. The molecule has 2 heterocycles. The first-order valence-electron chi connectivity index (χ1n) is 12.1. The second kappa shape index (κ2) is 8.78. The van der Waals surface area contributed by atoms with Gasteiger partial charge >= 0.3 is 0 Å². The Morgan fingerprint density at radius 2 is 1.74 bits per heavy atom. The summed E-state index contributed by atoms with van der Waals surface area (Å²) < 4.78 is 13.2. The number of aliphatic hydroxyl groups is 1. The van der Waals surface area contributed by atoms with Crippen LogP contribution in [-0.4, -0.2) is 70.9 Å². The molecule has 31 heavy (non-hydrogen) atoms. The number of rotatable bonds is 6. The highest BCUT2D eigenvalue weighted by molar-refractivity contribution is 5.28. The molecule has 0 bridgehead atoms. The number of piperidine rings is 1. The molecule has 2 N–H and O–H groups in total. The largest absolute Gasteiger partial charge is 0.393 e. The number of nitrogens with one attached hydrogen (secondary N) is 1. The minimum absolute atomic E-state index is 0.0337. The van der Waals surface area contributed by atoms with E-state index in [0.29, 0.717) is 30.5 Å². The Morgan fingerprint density at radius 1 is 1.06 bits per heavy atom. The predicted molar refractivity (Wildman–Crippen MR) is 118 cm³/mol. The van der Waals surface area contributed by atoms with Crippen LogP contribution in [0.3, 0.4) is 0 Å². The third-order valence-corrected chi connectivity index (χ3v) is 8.29. The Hall–Kier alpha value is -1.52. The predicted octanol–water partition coefficient (Wildman–Crippen LogP) is 3.01. The summed E-state index contributed by atoms with van der Waals surface area (Å²) in [5.74, 6) is 0.362. The molecule has 6 heteroatoms. The fourth-order valence-corrected chi connectivity index (χ4v) is 6.24. The molecule has 1 unspecified atom stereocenters. The number of likely N-dealkylation sites (tertiary alicyclic amines) is 2. The first-order valence-corrected chi connectivity index (χ1v) is 12.1. The maximum Gasteiger partial charge on any atom is 0.123 e. The molecular formula is C25H35FN4O. The van der Waals surface area contributed by atoms with Crippen molar-refractivity contribution in [1.82, 2.24) is 15.1 Å². The molecule has 5 rings (SSSR count). The molecule has 2 saturated carbocycles. The first-order chi connectivity index (χ1) is 15.1. The van der Waals surface area contributed by atoms with Gasteiger partial charge in [-0.1, -0.05) is 12.1 Å². The van der Waals surface area contributed by atoms with Crippen LogP contribution >= 0.6 is 0 Å². The number of hydrogen-bond acceptors (Lipinski definition) is 5. The Kier molecular flexibility index (Phi) is 6.04. The molecule has 0 spiro atoms. The van der Waals surface area contributed by atoms with E-state index < -0.39 is 0 Å². The van der Waals surface area contributed by atoms with Gasteiger partial charge in [-0.25, -0.2) is 4.39 Å². The summed E-state index contributed by atoms with van der Waals surface area (Å²) in [5.41, 5.74) is 1.28. The maximum absolute atomic E-state index is 13.2. The standard InChI is InChI=1S/C25H35FN4O/c26-19-3-1-18(2-4-19)23-15-24(23)28-20-9-13-30(14-10-20)25(11-12-27)16-29(17-25)21-5-7-22(31)8-6-21/h1-4,20-24,28,31H,5-11,13-17H2/t21?,22?,23?,24-/m1/s1. The monoisotopic (exact) mass is 426 g/mol. The van der Waals surface area contributed by atoms with E-state index >= 15 is 0 Å². The van der Waals surface area contributed by atoms with E-state index in [2.05, 4.69) is 21.2 Å². The van der Waals surface area contributed by atoms with Crippen molar-refractivity contribution in [3.63, 3.8) is 0 Å². The Bertz CT molecular complexity index is 787. The highest BCUT2D eigenvalue weighted by atomic mass is 19.1. The Balaban J connectivity index is 1.09. The fraction of sp³-hybridized carbons (Fsp3) is 0.720. The molecule has 4 fully saturated rings. The van der Waals surface area contributed by atoms with Crippen molar-refractivity contribution in [2.75, 3.05) is 26.2 Å². The first kappa shape index (κ1) is 21.3. The van der Waals surface area contributed by atoms with E-state index in [1.54, 1.807) is 12.1 Å². The van der Waals surface area contributed by atoms with Crippen LogP contribution in [0.1, 0.15) is 62.8 Å². The zero-order valence-electron chi connectivity index (χ0n) is 18.3. The summed E-state index contributed by atoms with van der Waals surface area (Å²) in [5, 5.41) is 23.1. The van der Waals surface area contributed by atoms with Gasteiger partial charge in [-0.2, -0.15) is 5.26 Å². The summed E-state index contributed by atoms with van der Waals surface area (Å²) in [6.07, 6.45) is 7.94. The number of benzene rings is 1. The van der Waals surface area contributed by atoms with Gasteiger partial charge < -0.3 is 10.4 Å². The van der Waals surface area contributed by atoms with Crippen molar-refractivity contribution in [1.29, 1.82) is 5.26 Å². The van der Waals surface area contributed by atoms with Gasteiger partial charge in [-0.3, -0.25) is 9.80 Å². The fourth-order valence-electron chi connectivity index (χ4n) is 6.24. The summed E-state index contributed by atoms with van der Waals surface area (Å²) in [4.78, 5) is 5.15. The third kappa shape index (κ3) is 4.52. The highest BCUT2D eigenvalue weighted by Crippen LogP contribution is 2.42. The van der Waals surface area contributed by atoms with E-state index in [0.717, 1.165) is 71.1 Å². The molecule has 1 aromatic rings. The number of halogens is 1. The van der Waals surface area contributed by atoms with E-state index in [-0.39, 0.29) is 17.5 Å². The highest BCUT2D eigenvalue weighted by Gasteiger charge is 2.50. The van der Waals surface area contributed by atoms with Crippen LogP contribution < -0.4 is 5.32 Å². The molecule has 168 valence electrons. The second-order valence-corrected chi connectivity index (χ2v) is 10.4. The molecule has 0 aromatic heterocycles. The summed E-state index contributed by atoms with van der Waals surface area (Å²) in [7, 11) is 0. The Morgan fingerprint density at radius 3 is 2.39 bits per heavy atom. The minimum Gasteiger partial charge on any atom is -0.393 e. The quantitative estimate of drug-likeness (QED) is 0.732. The Labute approximate surface area is 185 Å². The van der Waals surface area contributed by atoms with Gasteiger partial charge in [0.15, 0.2) is 0 Å². The lowest BCUT2D eigenvalue weighted by atomic mass is 9.79. The van der Waals surface area contributed by atoms with Crippen LogP contribution in [0.25, 0.3) is 0 Å². The molecular weight excluding hydrogens is 391 g/mol. The topological polar surface area (TPSA) is 62.5 Å². The van der Waals surface area contributed by atoms with E-state index in [1.807, 2.05) is 12.1 Å². The van der Waals surface area contributed by atoms with Crippen LogP contribution in [-0.2, 0) is 0 Å². The van der Waals surface area contributed by atoms with Gasteiger partial charge in [0.25, 0.3) is 0 Å². The smallest absolute Gasteiger partial charge is 0.123 e. The van der Waals surface area contributed by atoms with Crippen LogP contribution in [0.5, 0.6) is 0 Å². The van der Waals surface area contributed by atoms with Gasteiger partial charge in [-0.05, 0) is 62.6 Å². The van der Waals surface area contributed by atoms with Crippen molar-refractivity contribution in [3.8, 4) is 6.07 Å². The number of nitriles is 1. The summed E-state index contributed by atoms with van der Waals surface area (Å²) in [6.45, 7) is 4.14. The van der Waals surface area contributed by atoms with Crippen LogP contribution in [0.15, 0.2) is 24.3 Å². The third-order valence-electron chi connectivity index (χ3n) is 8.29. The zero-order valence-corrected chi connectivity index (χ0v) is 18.3. The van der Waals surface area contributed by atoms with Crippen LogP contribution in [0.2, 0.25) is 0 Å². The molecule has 2 saturated heterocycles. The van der Waals surface area contributed by atoms with Gasteiger partial charge in [0.1, 0.15) is 5.82 Å². The van der Waals surface area contributed by atoms with Gasteiger partial charge in [0.05, 0.1) is 24.1 Å². The zero-order chi connectivity index (χ0) is 21.4. The van der Waals surface area contributed by atoms with Crippen molar-refractivity contribution in [3.05, 3.63) is 35.6 Å². The number of hydrogen-bond donors (Lipinski definition) is 2. The van der Waals surface area contributed by atoms with E-state index in [4.69, 9.17) is 0 Å². The van der Waals surface area contributed by atoms with E-state index in [1.165, 1.54) is 5.56 Å². The lowest BCUT2D eigenvalue weighted by molar-refractivity contribution is -0.0921. The summed E-state index contributed by atoms with van der Waals surface area (Å²) in [6, 6.07) is 11.1. The lowest BCUT2D eigenvalue weighted by Gasteiger charge is -2.59. The number of aliphatic hydroxyl groups excluding tert-OH is 1. The van der Waals surface area contributed by atoms with Crippen LogP contribution in [0.4, 0.5) is 4.39 Å².